The molecule has 1 amide bonds. The van der Waals surface area contributed by atoms with Gasteiger partial charge in [-0.25, -0.2) is 13.4 Å². The average molecular weight is 493 g/mol. The van der Waals surface area contributed by atoms with Crippen molar-refractivity contribution in [2.24, 2.45) is 0 Å². The number of anilines is 1. The summed E-state index contributed by atoms with van der Waals surface area (Å²) in [6.07, 6.45) is 1.28. The Kier molecular flexibility index (Phi) is 6.15. The molecule has 2 aromatic carbocycles. The van der Waals surface area contributed by atoms with Gasteiger partial charge in [0.25, 0.3) is 5.91 Å². The summed E-state index contributed by atoms with van der Waals surface area (Å²) in [5, 5.41) is 5.65. The number of rotatable bonds is 6. The first-order chi connectivity index (χ1) is 14.8. The van der Waals surface area contributed by atoms with Crippen LogP contribution in [-0.2, 0) is 15.6 Å². The van der Waals surface area contributed by atoms with Crippen LogP contribution in [0.5, 0.6) is 0 Å². The van der Waals surface area contributed by atoms with Gasteiger partial charge in [0.2, 0.25) is 0 Å². The topological polar surface area (TPSA) is 89.3 Å². The van der Waals surface area contributed by atoms with Crippen molar-refractivity contribution in [3.05, 3.63) is 87.6 Å². The number of nitrogens with one attached hydrogen (secondary N) is 1. The smallest absolute Gasteiger partial charge is 0.293 e. The van der Waals surface area contributed by atoms with Crippen LogP contribution in [0.1, 0.15) is 16.1 Å². The molecule has 31 heavy (non-hydrogen) atoms. The molecule has 158 valence electrons. The quantitative estimate of drug-likeness (QED) is 0.359. The number of hydrogen-bond donors (Lipinski definition) is 1. The van der Waals surface area contributed by atoms with Crippen molar-refractivity contribution in [3.63, 3.8) is 0 Å². The van der Waals surface area contributed by atoms with E-state index in [9.17, 15) is 13.2 Å². The Balaban J connectivity index is 1.52. The molecule has 0 saturated carbocycles. The highest BCUT2D eigenvalue weighted by Crippen LogP contribution is 2.32. The lowest BCUT2D eigenvalue weighted by Gasteiger charge is -2.05. The number of hydrogen-bond acceptors (Lipinski definition) is 6. The van der Waals surface area contributed by atoms with Crippen LogP contribution in [0.4, 0.5) is 5.13 Å². The lowest BCUT2D eigenvalue weighted by Crippen LogP contribution is -2.14. The third kappa shape index (κ3) is 4.83. The molecule has 0 fully saturated rings. The molecule has 2 heterocycles. The molecule has 1 N–H and O–H groups in total. The van der Waals surface area contributed by atoms with E-state index in [0.29, 0.717) is 26.4 Å². The first-order valence-electron chi connectivity index (χ1n) is 8.90. The number of thiazole rings is 1. The number of aromatic nitrogens is 1. The third-order valence-electron chi connectivity index (χ3n) is 4.33. The fourth-order valence-corrected chi connectivity index (χ4v) is 5.46. The molecule has 0 unspecified atom stereocenters. The predicted octanol–water partition coefficient (Wildman–Crippen LogP) is 5.94. The SMILES string of the molecule is O=C(Nc1nc(-c2ccc(Cl)cc2Cl)cs1)c1occc1CS(=O)(=O)c1ccccc1. The molecule has 0 saturated heterocycles. The largest absolute Gasteiger partial charge is 0.459 e. The zero-order valence-corrected chi connectivity index (χ0v) is 18.9. The van der Waals surface area contributed by atoms with Crippen LogP contribution in [0.3, 0.4) is 0 Å². The number of carbonyl (C=O) groups is 1. The molecular formula is C21H14Cl2N2O4S2. The zero-order chi connectivity index (χ0) is 22.0. The van der Waals surface area contributed by atoms with E-state index in [4.69, 9.17) is 27.6 Å². The van der Waals surface area contributed by atoms with Gasteiger partial charge in [0, 0.05) is 21.5 Å². The van der Waals surface area contributed by atoms with Gasteiger partial charge in [0.1, 0.15) is 0 Å². The first kappa shape index (κ1) is 21.6. The second-order valence-corrected chi connectivity index (χ2v) is 10.2. The van der Waals surface area contributed by atoms with Crippen LogP contribution in [0.25, 0.3) is 11.3 Å². The lowest BCUT2D eigenvalue weighted by atomic mass is 10.2. The molecule has 4 rings (SSSR count). The van der Waals surface area contributed by atoms with E-state index in [1.54, 1.807) is 41.8 Å². The third-order valence-corrected chi connectivity index (χ3v) is 7.32. The van der Waals surface area contributed by atoms with Crippen LogP contribution < -0.4 is 5.32 Å². The van der Waals surface area contributed by atoms with E-state index in [2.05, 4.69) is 10.3 Å². The Morgan fingerprint density at radius 3 is 2.61 bits per heavy atom. The minimum Gasteiger partial charge on any atom is -0.459 e. The number of furan rings is 1. The Hall–Kier alpha value is -2.65. The van der Waals surface area contributed by atoms with E-state index in [1.165, 1.54) is 35.8 Å². The minimum absolute atomic E-state index is 0.0826. The van der Waals surface area contributed by atoms with Crippen LogP contribution in [-0.4, -0.2) is 19.3 Å². The fourth-order valence-electron chi connectivity index (χ4n) is 2.87. The van der Waals surface area contributed by atoms with Crippen molar-refractivity contribution >= 4 is 55.4 Å². The maximum absolute atomic E-state index is 12.7. The Morgan fingerprint density at radius 1 is 1.10 bits per heavy atom. The lowest BCUT2D eigenvalue weighted by molar-refractivity contribution is 0.0996. The predicted molar refractivity (Wildman–Crippen MR) is 122 cm³/mol. The number of carbonyl (C=O) groups excluding carboxylic acids is 1. The van der Waals surface area contributed by atoms with Gasteiger partial charge >= 0.3 is 0 Å². The van der Waals surface area contributed by atoms with E-state index in [0.717, 1.165) is 0 Å². The number of sulfone groups is 1. The zero-order valence-electron chi connectivity index (χ0n) is 15.7. The molecule has 0 radical (unpaired) electrons. The molecule has 0 aliphatic rings. The van der Waals surface area contributed by atoms with Gasteiger partial charge in [-0.2, -0.15) is 0 Å². The van der Waals surface area contributed by atoms with Crippen LogP contribution in [0.2, 0.25) is 10.0 Å². The summed E-state index contributed by atoms with van der Waals surface area (Å²) in [7, 11) is -3.63. The van der Waals surface area contributed by atoms with Gasteiger partial charge in [-0.05, 0) is 36.4 Å². The van der Waals surface area contributed by atoms with E-state index >= 15 is 0 Å². The van der Waals surface area contributed by atoms with Gasteiger partial charge in [0.15, 0.2) is 20.7 Å². The molecule has 0 spiro atoms. The summed E-state index contributed by atoms with van der Waals surface area (Å²) in [5.41, 5.74) is 1.52. The number of halogens is 2. The number of benzene rings is 2. The fraction of sp³-hybridized carbons (Fsp3) is 0.0476. The van der Waals surface area contributed by atoms with Crippen LogP contribution in [0, 0.1) is 0 Å². The normalized spacial score (nSPS) is 11.4. The monoisotopic (exact) mass is 492 g/mol. The molecule has 2 aromatic heterocycles. The Bertz CT molecular complexity index is 1350. The summed E-state index contributed by atoms with van der Waals surface area (Å²) < 4.78 is 30.6. The summed E-state index contributed by atoms with van der Waals surface area (Å²) in [6, 6.07) is 14.5. The van der Waals surface area contributed by atoms with E-state index in [-0.39, 0.29) is 22.0 Å². The van der Waals surface area contributed by atoms with Crippen molar-refractivity contribution in [2.45, 2.75) is 10.6 Å². The highest BCUT2D eigenvalue weighted by atomic mass is 35.5. The van der Waals surface area contributed by atoms with Gasteiger partial charge in [-0.15, -0.1) is 11.3 Å². The molecule has 0 atom stereocenters. The second-order valence-electron chi connectivity index (χ2n) is 6.46. The van der Waals surface area contributed by atoms with E-state index in [1.807, 2.05) is 0 Å². The number of amides is 1. The maximum Gasteiger partial charge on any atom is 0.293 e. The summed E-state index contributed by atoms with van der Waals surface area (Å²) >= 11 is 13.3. The van der Waals surface area contributed by atoms with Gasteiger partial charge in [0.05, 0.1) is 27.6 Å². The Morgan fingerprint density at radius 2 is 1.87 bits per heavy atom. The first-order valence-corrected chi connectivity index (χ1v) is 12.2. The van der Waals surface area contributed by atoms with Gasteiger partial charge < -0.3 is 4.42 Å². The van der Waals surface area contributed by atoms with Crippen molar-refractivity contribution in [1.29, 1.82) is 0 Å². The molecule has 10 heteroatoms. The van der Waals surface area contributed by atoms with Crippen molar-refractivity contribution in [3.8, 4) is 11.3 Å². The second kappa shape index (κ2) is 8.84. The average Bonchev–Trinajstić information content (AvgIpc) is 3.38. The minimum atomic E-state index is -3.63. The Labute approximate surface area is 192 Å². The maximum atomic E-state index is 12.7. The van der Waals surface area contributed by atoms with Crippen molar-refractivity contribution in [2.75, 3.05) is 5.32 Å². The van der Waals surface area contributed by atoms with E-state index < -0.39 is 15.7 Å². The highest BCUT2D eigenvalue weighted by Gasteiger charge is 2.23. The molecule has 4 aromatic rings. The van der Waals surface area contributed by atoms with Gasteiger partial charge in [-0.3, -0.25) is 10.1 Å². The summed E-state index contributed by atoms with van der Waals surface area (Å²) in [5.74, 6) is -1.04. The molecular weight excluding hydrogens is 479 g/mol. The summed E-state index contributed by atoms with van der Waals surface area (Å²) in [4.78, 5) is 17.2. The van der Waals surface area contributed by atoms with Gasteiger partial charge in [-0.1, -0.05) is 41.4 Å². The van der Waals surface area contributed by atoms with Crippen molar-refractivity contribution in [1.82, 2.24) is 4.98 Å². The molecule has 6 nitrogen and oxygen atoms in total. The van der Waals surface area contributed by atoms with Crippen LogP contribution in [0.15, 0.2) is 75.6 Å². The molecule has 0 aliphatic heterocycles. The number of nitrogens with zero attached hydrogens (tertiary/aromatic N) is 1. The highest BCUT2D eigenvalue weighted by molar-refractivity contribution is 7.90. The van der Waals surface area contributed by atoms with Crippen LogP contribution >= 0.6 is 34.5 Å². The summed E-state index contributed by atoms with van der Waals surface area (Å²) in [6.45, 7) is 0. The molecule has 0 bridgehead atoms. The van der Waals surface area contributed by atoms with Crippen molar-refractivity contribution < 1.29 is 17.6 Å². The molecule has 0 aliphatic carbocycles. The standard InChI is InChI=1S/C21H14Cl2N2O4S2/c22-14-6-7-16(17(23)10-14)18-11-30-21(24-18)25-20(26)19-13(8-9-29-19)12-31(27,28)15-4-2-1-3-5-15/h1-11H,12H2,(H,24,25,26).